The van der Waals surface area contributed by atoms with Crippen molar-refractivity contribution in [3.63, 3.8) is 0 Å². The average molecular weight is 96.2 g/mol. The molecule has 1 atom stereocenters. The van der Waals surface area contributed by atoms with Crippen molar-refractivity contribution in [1.29, 1.82) is 0 Å². The molecule has 0 bridgehead atoms. The van der Waals surface area contributed by atoms with Crippen molar-refractivity contribution in [2.75, 3.05) is 0 Å². The lowest BCUT2D eigenvalue weighted by Gasteiger charge is -1.92. The molecule has 0 saturated heterocycles. The van der Waals surface area contributed by atoms with Gasteiger partial charge in [0, 0.05) is 0 Å². The molecule has 1 aliphatic rings. The Kier molecular flexibility index (Phi) is 1.18. The number of rotatable bonds is 0. The van der Waals surface area contributed by atoms with E-state index in [-0.39, 0.29) is 0 Å². The predicted molar refractivity (Wildman–Crippen MR) is 32.2 cm³/mol. The van der Waals surface area contributed by atoms with Gasteiger partial charge < -0.3 is 0 Å². The Balaban J connectivity index is 2.40. The summed E-state index contributed by atoms with van der Waals surface area (Å²) in [6, 6.07) is 0. The molecule has 0 nitrogen and oxygen atoms in total. The van der Waals surface area contributed by atoms with Crippen LogP contribution in [0.15, 0.2) is 12.2 Å². The fraction of sp³-hybridized carbons (Fsp3) is 0.714. The molecule has 1 fully saturated rings. The molecule has 0 heteroatoms. The van der Waals surface area contributed by atoms with Crippen LogP contribution in [0, 0.1) is 5.92 Å². The molecular weight excluding hydrogens is 84.1 g/mol. The molecule has 0 heterocycles. The topological polar surface area (TPSA) is 0 Å². The highest BCUT2D eigenvalue weighted by Crippen LogP contribution is 2.27. The van der Waals surface area contributed by atoms with Gasteiger partial charge in [0.1, 0.15) is 0 Å². The molecule has 1 saturated carbocycles. The first kappa shape index (κ1) is 4.89. The average Bonchev–Trinajstić information content (AvgIpc) is 1.87. The summed E-state index contributed by atoms with van der Waals surface area (Å²) in [4.78, 5) is 0. The molecule has 1 unspecified atom stereocenters. The van der Waals surface area contributed by atoms with Crippen molar-refractivity contribution >= 4 is 0 Å². The molecule has 7 heavy (non-hydrogen) atoms. The molecule has 0 aromatic heterocycles. The standard InChI is InChI=1S/C7H12/c1-6-3-4-7(2)5-6/h7H,1,3-5H2,2H3. The van der Waals surface area contributed by atoms with Crippen molar-refractivity contribution in [3.8, 4) is 0 Å². The highest BCUT2D eigenvalue weighted by molar-refractivity contribution is 5.00. The minimum Gasteiger partial charge on any atom is -0.0999 e. The third-order valence-electron chi connectivity index (χ3n) is 1.63. The Labute approximate surface area is 45.2 Å². The Morgan fingerprint density at radius 1 is 1.71 bits per heavy atom. The van der Waals surface area contributed by atoms with Crippen LogP contribution in [0.3, 0.4) is 0 Å². The van der Waals surface area contributed by atoms with Crippen LogP contribution >= 0.6 is 0 Å². The van der Waals surface area contributed by atoms with E-state index in [1.54, 1.807) is 0 Å². The molecule has 0 amide bonds. The second kappa shape index (κ2) is 1.69. The molecule has 1 aliphatic carbocycles. The van der Waals surface area contributed by atoms with E-state index in [4.69, 9.17) is 0 Å². The maximum atomic E-state index is 3.90. The molecule has 0 aromatic rings. The van der Waals surface area contributed by atoms with E-state index in [2.05, 4.69) is 13.5 Å². The SMILES string of the molecule is C=C1CCC(C)C1. The summed E-state index contributed by atoms with van der Waals surface area (Å²) in [6.07, 6.45) is 3.93. The summed E-state index contributed by atoms with van der Waals surface area (Å²) in [7, 11) is 0. The van der Waals surface area contributed by atoms with Gasteiger partial charge >= 0.3 is 0 Å². The molecule has 0 spiro atoms. The molecular formula is C7H12. The van der Waals surface area contributed by atoms with Crippen LogP contribution in [-0.2, 0) is 0 Å². The van der Waals surface area contributed by atoms with Gasteiger partial charge in [0.05, 0.1) is 0 Å². The number of hydrogen-bond donors (Lipinski definition) is 0. The fourth-order valence-electron chi connectivity index (χ4n) is 1.15. The van der Waals surface area contributed by atoms with Crippen LogP contribution in [0.2, 0.25) is 0 Å². The smallest absolute Gasteiger partial charge is 0.0297 e. The first-order chi connectivity index (χ1) is 3.29. The maximum absolute atomic E-state index is 3.90. The van der Waals surface area contributed by atoms with Crippen molar-refractivity contribution in [2.24, 2.45) is 5.92 Å². The van der Waals surface area contributed by atoms with Crippen molar-refractivity contribution < 1.29 is 0 Å². The zero-order chi connectivity index (χ0) is 5.28. The lowest BCUT2D eigenvalue weighted by molar-refractivity contribution is 0.620. The zero-order valence-electron chi connectivity index (χ0n) is 4.91. The van der Waals surface area contributed by atoms with Gasteiger partial charge in [-0.05, 0) is 25.2 Å². The van der Waals surface area contributed by atoms with E-state index in [0.29, 0.717) is 0 Å². The van der Waals surface area contributed by atoms with E-state index < -0.39 is 0 Å². The van der Waals surface area contributed by atoms with Crippen LogP contribution in [0.4, 0.5) is 0 Å². The van der Waals surface area contributed by atoms with Crippen LogP contribution in [0.5, 0.6) is 0 Å². The summed E-state index contributed by atoms with van der Waals surface area (Å²) in [6.45, 7) is 6.19. The molecule has 40 valence electrons. The van der Waals surface area contributed by atoms with Crippen molar-refractivity contribution in [1.82, 2.24) is 0 Å². The first-order valence-corrected chi connectivity index (χ1v) is 2.95. The van der Waals surface area contributed by atoms with Crippen LogP contribution in [0.25, 0.3) is 0 Å². The lowest BCUT2D eigenvalue weighted by Crippen LogP contribution is -1.79. The molecule has 0 aliphatic heterocycles. The predicted octanol–water partition coefficient (Wildman–Crippen LogP) is 2.36. The van der Waals surface area contributed by atoms with Gasteiger partial charge in [-0.1, -0.05) is 19.1 Å². The monoisotopic (exact) mass is 96.1 g/mol. The molecule has 0 N–H and O–H groups in total. The third-order valence-corrected chi connectivity index (χ3v) is 1.63. The van der Waals surface area contributed by atoms with Crippen LogP contribution in [0.1, 0.15) is 26.2 Å². The van der Waals surface area contributed by atoms with Gasteiger partial charge in [-0.3, -0.25) is 0 Å². The van der Waals surface area contributed by atoms with E-state index >= 15 is 0 Å². The highest BCUT2D eigenvalue weighted by atomic mass is 14.2. The minimum atomic E-state index is 0.924. The van der Waals surface area contributed by atoms with E-state index in [0.717, 1.165) is 5.92 Å². The quantitative estimate of drug-likeness (QED) is 0.406. The summed E-state index contributed by atoms with van der Waals surface area (Å²) < 4.78 is 0. The lowest BCUT2D eigenvalue weighted by atomic mass is 10.1. The number of allylic oxidation sites excluding steroid dienone is 1. The van der Waals surface area contributed by atoms with Crippen LogP contribution < -0.4 is 0 Å². The number of hydrogen-bond acceptors (Lipinski definition) is 0. The zero-order valence-corrected chi connectivity index (χ0v) is 4.91. The van der Waals surface area contributed by atoms with E-state index in [9.17, 15) is 0 Å². The Morgan fingerprint density at radius 2 is 2.43 bits per heavy atom. The van der Waals surface area contributed by atoms with Gasteiger partial charge in [-0.25, -0.2) is 0 Å². The molecule has 0 radical (unpaired) electrons. The normalized spacial score (nSPS) is 31.6. The van der Waals surface area contributed by atoms with Gasteiger partial charge in [0.25, 0.3) is 0 Å². The second-order valence-corrected chi connectivity index (χ2v) is 2.60. The first-order valence-electron chi connectivity index (χ1n) is 2.95. The fourth-order valence-corrected chi connectivity index (χ4v) is 1.15. The summed E-state index contributed by atoms with van der Waals surface area (Å²) in [5.74, 6) is 0.924. The van der Waals surface area contributed by atoms with E-state index in [1.807, 2.05) is 0 Å². The Morgan fingerprint density at radius 3 is 2.57 bits per heavy atom. The summed E-state index contributed by atoms with van der Waals surface area (Å²) in [5.41, 5.74) is 1.45. The van der Waals surface area contributed by atoms with Gasteiger partial charge in [-0.2, -0.15) is 0 Å². The largest absolute Gasteiger partial charge is 0.0999 e. The molecule has 0 aromatic carbocycles. The summed E-state index contributed by atoms with van der Waals surface area (Å²) >= 11 is 0. The highest BCUT2D eigenvalue weighted by Gasteiger charge is 2.11. The maximum Gasteiger partial charge on any atom is -0.0297 e. The van der Waals surface area contributed by atoms with Crippen molar-refractivity contribution in [2.45, 2.75) is 26.2 Å². The second-order valence-electron chi connectivity index (χ2n) is 2.60. The summed E-state index contributed by atoms with van der Waals surface area (Å²) in [5, 5.41) is 0. The van der Waals surface area contributed by atoms with Gasteiger partial charge in [-0.15, -0.1) is 0 Å². The van der Waals surface area contributed by atoms with E-state index in [1.165, 1.54) is 24.8 Å². The van der Waals surface area contributed by atoms with Crippen molar-refractivity contribution in [3.05, 3.63) is 12.2 Å². The van der Waals surface area contributed by atoms with Gasteiger partial charge in [0.2, 0.25) is 0 Å². The van der Waals surface area contributed by atoms with Gasteiger partial charge in [0.15, 0.2) is 0 Å². The third kappa shape index (κ3) is 1.05. The molecule has 1 rings (SSSR count). The Hall–Kier alpha value is -0.260. The minimum absolute atomic E-state index is 0.924. The van der Waals surface area contributed by atoms with Crippen LogP contribution in [-0.4, -0.2) is 0 Å². The Bertz CT molecular complexity index is 82.0.